The van der Waals surface area contributed by atoms with Gasteiger partial charge in [-0.1, -0.05) is 132 Å². The summed E-state index contributed by atoms with van der Waals surface area (Å²) in [4.78, 5) is 26.8. The maximum atomic E-state index is 13.4. The quantitative estimate of drug-likeness (QED) is 0.229. The Hall–Kier alpha value is -3.40. The van der Waals surface area contributed by atoms with Crippen molar-refractivity contribution in [1.29, 1.82) is 0 Å². The van der Waals surface area contributed by atoms with Crippen LogP contribution in [0, 0.1) is 0 Å². The molecule has 0 aromatic heterocycles. The van der Waals surface area contributed by atoms with E-state index in [2.05, 4.69) is 107 Å². The topological polar surface area (TPSA) is 52.6 Å². The number of carbonyl (C=O) groups is 2. The predicted octanol–water partition coefficient (Wildman–Crippen LogP) is 8.98. The van der Waals surface area contributed by atoms with E-state index < -0.39 is 11.8 Å². The fraction of sp³-hybridized carbons (Fsp3) is 0.474. The molecule has 0 amide bonds. The SMILES string of the molecule is CC(C)(C)c1cc2c(c(C(C)(C)C)c1)OC(=O)C2c1ccc(C2C(=O)Oc3c2cc(C(C)(C)C)cc3C(C)(C)C)cc1. The first-order valence-corrected chi connectivity index (χ1v) is 15.1. The predicted molar refractivity (Wildman–Crippen MR) is 169 cm³/mol. The third-order valence-electron chi connectivity index (χ3n) is 8.69. The summed E-state index contributed by atoms with van der Waals surface area (Å²) in [6.45, 7) is 26.1. The van der Waals surface area contributed by atoms with Gasteiger partial charge in [0.25, 0.3) is 0 Å². The molecule has 3 aromatic carbocycles. The fourth-order valence-electron chi connectivity index (χ4n) is 6.02. The molecular formula is C38H46O4. The van der Waals surface area contributed by atoms with Crippen LogP contribution < -0.4 is 9.47 Å². The second kappa shape index (κ2) is 9.56. The summed E-state index contributed by atoms with van der Waals surface area (Å²) in [6.07, 6.45) is 0. The van der Waals surface area contributed by atoms with E-state index in [0.29, 0.717) is 11.5 Å². The van der Waals surface area contributed by atoms with Gasteiger partial charge in [0.1, 0.15) is 23.3 Å². The summed E-state index contributed by atoms with van der Waals surface area (Å²) >= 11 is 0. The molecule has 2 aliphatic heterocycles. The molecule has 0 aliphatic carbocycles. The summed E-state index contributed by atoms with van der Waals surface area (Å²) < 4.78 is 11.9. The lowest BCUT2D eigenvalue weighted by atomic mass is 9.76. The number of hydrogen-bond acceptors (Lipinski definition) is 4. The molecule has 222 valence electrons. The third-order valence-corrected chi connectivity index (χ3v) is 8.69. The van der Waals surface area contributed by atoms with Crippen LogP contribution in [0.25, 0.3) is 0 Å². The zero-order chi connectivity index (χ0) is 31.2. The number of esters is 2. The minimum absolute atomic E-state index is 0.0802. The number of fused-ring (bicyclic) bond motifs is 2. The third kappa shape index (κ3) is 5.18. The van der Waals surface area contributed by atoms with Crippen molar-refractivity contribution in [1.82, 2.24) is 0 Å². The van der Waals surface area contributed by atoms with Crippen molar-refractivity contribution in [2.75, 3.05) is 0 Å². The van der Waals surface area contributed by atoms with Gasteiger partial charge in [0.2, 0.25) is 0 Å². The van der Waals surface area contributed by atoms with Gasteiger partial charge in [-0.2, -0.15) is 0 Å². The van der Waals surface area contributed by atoms with Gasteiger partial charge in [-0.25, -0.2) is 0 Å². The zero-order valence-corrected chi connectivity index (χ0v) is 27.4. The van der Waals surface area contributed by atoms with Gasteiger partial charge in [-0.05, 0) is 43.9 Å². The van der Waals surface area contributed by atoms with Gasteiger partial charge in [0.15, 0.2) is 0 Å². The highest BCUT2D eigenvalue weighted by atomic mass is 16.5. The van der Waals surface area contributed by atoms with Crippen LogP contribution in [-0.4, -0.2) is 11.9 Å². The number of hydrogen-bond donors (Lipinski definition) is 0. The number of benzene rings is 3. The smallest absolute Gasteiger partial charge is 0.323 e. The van der Waals surface area contributed by atoms with Crippen LogP contribution in [0.15, 0.2) is 48.5 Å². The standard InChI is InChI=1S/C38H46O4/c1-35(2,3)23-17-25-29(33(39)41-31(25)27(19-23)37(7,8)9)21-13-15-22(16-14-21)30-26-18-24(36(4,5)6)20-28(38(10,11)12)32(26)42-34(30)40/h13-20,29-30H,1-12H3. The largest absolute Gasteiger partial charge is 0.425 e. The van der Waals surface area contributed by atoms with Crippen molar-refractivity contribution in [3.8, 4) is 11.5 Å². The molecule has 2 atom stereocenters. The maximum absolute atomic E-state index is 13.4. The summed E-state index contributed by atoms with van der Waals surface area (Å²) in [7, 11) is 0. The molecule has 2 unspecified atom stereocenters. The first kappa shape index (κ1) is 30.1. The molecule has 0 bridgehead atoms. The van der Waals surface area contributed by atoms with Gasteiger partial charge in [-0.15, -0.1) is 0 Å². The van der Waals surface area contributed by atoms with E-state index in [0.717, 1.165) is 33.4 Å². The molecule has 2 heterocycles. The highest BCUT2D eigenvalue weighted by Crippen LogP contribution is 2.49. The Morgan fingerprint density at radius 3 is 1.05 bits per heavy atom. The molecule has 0 saturated carbocycles. The van der Waals surface area contributed by atoms with Crippen molar-refractivity contribution in [2.24, 2.45) is 0 Å². The fourth-order valence-corrected chi connectivity index (χ4v) is 6.02. The lowest BCUT2D eigenvalue weighted by Gasteiger charge is -2.27. The van der Waals surface area contributed by atoms with E-state index in [9.17, 15) is 9.59 Å². The molecule has 42 heavy (non-hydrogen) atoms. The second-order valence-corrected chi connectivity index (χ2v) is 16.3. The Kier molecular flexibility index (Phi) is 6.84. The lowest BCUT2D eigenvalue weighted by molar-refractivity contribution is -0.134. The maximum Gasteiger partial charge on any atom is 0.323 e. The number of carbonyl (C=O) groups excluding carboxylic acids is 2. The van der Waals surface area contributed by atoms with Crippen molar-refractivity contribution in [2.45, 2.75) is 117 Å². The van der Waals surface area contributed by atoms with Crippen molar-refractivity contribution in [3.63, 3.8) is 0 Å². The molecular weight excluding hydrogens is 520 g/mol. The van der Waals surface area contributed by atoms with Crippen LogP contribution in [-0.2, 0) is 31.2 Å². The van der Waals surface area contributed by atoms with E-state index in [4.69, 9.17) is 9.47 Å². The summed E-state index contributed by atoms with van der Waals surface area (Å²) in [5, 5.41) is 0. The van der Waals surface area contributed by atoms with E-state index in [1.54, 1.807) is 0 Å². The normalized spacial score (nSPS) is 19.0. The van der Waals surface area contributed by atoms with Gasteiger partial charge in [0, 0.05) is 22.3 Å². The molecule has 4 nitrogen and oxygen atoms in total. The molecule has 4 heteroatoms. The molecule has 0 N–H and O–H groups in total. The monoisotopic (exact) mass is 566 g/mol. The Balaban J connectivity index is 1.59. The lowest BCUT2D eigenvalue weighted by Crippen LogP contribution is -2.17. The van der Waals surface area contributed by atoms with Gasteiger partial charge in [-0.3, -0.25) is 9.59 Å². The Bertz CT molecular complexity index is 1460. The highest BCUT2D eigenvalue weighted by Gasteiger charge is 2.42. The summed E-state index contributed by atoms with van der Waals surface area (Å²) in [6, 6.07) is 16.6. The van der Waals surface area contributed by atoms with Crippen molar-refractivity contribution >= 4 is 11.9 Å². The van der Waals surface area contributed by atoms with E-state index >= 15 is 0 Å². The first-order chi connectivity index (χ1) is 19.2. The Morgan fingerprint density at radius 2 is 0.786 bits per heavy atom. The van der Waals surface area contributed by atoms with Crippen molar-refractivity contribution in [3.05, 3.63) is 93.0 Å². The Labute approximate surface area is 251 Å². The van der Waals surface area contributed by atoms with Crippen LogP contribution in [0.1, 0.15) is 139 Å². The average molecular weight is 567 g/mol. The van der Waals surface area contributed by atoms with Gasteiger partial charge in [0.05, 0.1) is 0 Å². The van der Waals surface area contributed by atoms with Gasteiger partial charge < -0.3 is 9.47 Å². The molecule has 0 radical (unpaired) electrons. The molecule has 3 aromatic rings. The van der Waals surface area contributed by atoms with Crippen LogP contribution in [0.2, 0.25) is 0 Å². The van der Waals surface area contributed by atoms with E-state index in [1.165, 1.54) is 11.1 Å². The van der Waals surface area contributed by atoms with Crippen LogP contribution in [0.4, 0.5) is 0 Å². The summed E-state index contributed by atoms with van der Waals surface area (Å²) in [5.41, 5.74) is 7.49. The average Bonchev–Trinajstić information content (AvgIpc) is 3.35. The minimum atomic E-state index is -0.514. The zero-order valence-electron chi connectivity index (χ0n) is 27.4. The second-order valence-electron chi connectivity index (χ2n) is 16.3. The number of rotatable bonds is 2. The first-order valence-electron chi connectivity index (χ1n) is 15.1. The van der Waals surface area contributed by atoms with Crippen molar-refractivity contribution < 1.29 is 19.1 Å². The highest BCUT2D eigenvalue weighted by molar-refractivity contribution is 5.92. The molecule has 0 fully saturated rings. The molecule has 5 rings (SSSR count). The van der Waals surface area contributed by atoms with E-state index in [1.807, 2.05) is 24.3 Å². The van der Waals surface area contributed by atoms with Gasteiger partial charge >= 0.3 is 11.9 Å². The van der Waals surface area contributed by atoms with E-state index in [-0.39, 0.29) is 33.6 Å². The molecule has 0 spiro atoms. The number of ether oxygens (including phenoxy) is 2. The molecule has 2 aliphatic rings. The van der Waals surface area contributed by atoms with Crippen LogP contribution >= 0.6 is 0 Å². The Morgan fingerprint density at radius 1 is 0.476 bits per heavy atom. The minimum Gasteiger partial charge on any atom is -0.425 e. The van der Waals surface area contributed by atoms with Crippen LogP contribution in [0.5, 0.6) is 11.5 Å². The summed E-state index contributed by atoms with van der Waals surface area (Å²) in [5.74, 6) is -0.172. The van der Waals surface area contributed by atoms with Crippen LogP contribution in [0.3, 0.4) is 0 Å². The molecule has 0 saturated heterocycles.